The van der Waals surface area contributed by atoms with E-state index < -0.39 is 10.8 Å². The first-order valence-corrected chi connectivity index (χ1v) is 14.5. The molecular weight excluding hydrogens is 514 g/mol. The number of phenolic OH excluding ortho intramolecular Hbond substituents is 2. The Morgan fingerprint density at radius 2 is 0.976 bits per heavy atom. The molecule has 3 nitrogen and oxygen atoms in total. The number of hydrogen-bond acceptors (Lipinski definition) is 2. The van der Waals surface area contributed by atoms with Gasteiger partial charge in [-0.3, -0.25) is 0 Å². The molecular formula is C39H31NO2. The van der Waals surface area contributed by atoms with Crippen LogP contribution in [0.4, 0.5) is 0 Å². The van der Waals surface area contributed by atoms with Gasteiger partial charge >= 0.3 is 0 Å². The Hall–Kier alpha value is -5.02. The van der Waals surface area contributed by atoms with Crippen LogP contribution in [0.5, 0.6) is 11.5 Å². The molecule has 0 amide bonds. The molecule has 1 heterocycles. The first kappa shape index (κ1) is 24.8. The third-order valence-corrected chi connectivity index (χ3v) is 9.84. The Kier molecular flexibility index (Phi) is 5.15. The molecule has 1 aromatic heterocycles. The predicted octanol–water partition coefficient (Wildman–Crippen LogP) is 8.76. The van der Waals surface area contributed by atoms with Crippen LogP contribution in [0.2, 0.25) is 0 Å². The molecule has 2 aliphatic carbocycles. The highest BCUT2D eigenvalue weighted by atomic mass is 16.3. The zero-order chi connectivity index (χ0) is 28.6. The fourth-order valence-electron chi connectivity index (χ4n) is 7.94. The summed E-state index contributed by atoms with van der Waals surface area (Å²) in [6.45, 7) is 3.96. The van der Waals surface area contributed by atoms with E-state index in [9.17, 15) is 10.2 Å². The van der Waals surface area contributed by atoms with Crippen LogP contribution >= 0.6 is 0 Å². The third kappa shape index (κ3) is 3.11. The second-order valence-electron chi connectivity index (χ2n) is 11.9. The summed E-state index contributed by atoms with van der Waals surface area (Å²) in [7, 11) is 0. The molecule has 42 heavy (non-hydrogen) atoms. The van der Waals surface area contributed by atoms with E-state index in [0.717, 1.165) is 34.4 Å². The minimum atomic E-state index is -0.527. The van der Waals surface area contributed by atoms with E-state index in [1.165, 1.54) is 38.9 Å². The van der Waals surface area contributed by atoms with Gasteiger partial charge in [0, 0.05) is 22.6 Å². The minimum Gasteiger partial charge on any atom is -0.508 e. The Morgan fingerprint density at radius 1 is 0.524 bits per heavy atom. The summed E-state index contributed by atoms with van der Waals surface area (Å²) in [5, 5.41) is 21.3. The zero-order valence-electron chi connectivity index (χ0n) is 23.6. The molecule has 0 spiro atoms. The second kappa shape index (κ2) is 8.74. The number of benzene rings is 5. The molecule has 204 valence electrons. The van der Waals surface area contributed by atoms with Gasteiger partial charge in [-0.2, -0.15) is 0 Å². The number of H-pyrrole nitrogens is 1. The van der Waals surface area contributed by atoms with Gasteiger partial charge in [-0.25, -0.2) is 0 Å². The van der Waals surface area contributed by atoms with Crippen LogP contribution in [-0.2, 0) is 10.8 Å². The molecule has 1 atom stereocenters. The largest absolute Gasteiger partial charge is 0.508 e. The fourth-order valence-corrected chi connectivity index (χ4v) is 7.94. The molecule has 8 rings (SSSR count). The van der Waals surface area contributed by atoms with Gasteiger partial charge in [0.1, 0.15) is 11.5 Å². The van der Waals surface area contributed by atoms with E-state index in [4.69, 9.17) is 0 Å². The maximum Gasteiger partial charge on any atom is 0.118 e. The number of phenols is 2. The van der Waals surface area contributed by atoms with Gasteiger partial charge in [-0.1, -0.05) is 97.1 Å². The average Bonchev–Trinajstić information content (AvgIpc) is 3.68. The summed E-state index contributed by atoms with van der Waals surface area (Å²) in [4.78, 5) is 3.57. The average molecular weight is 546 g/mol. The minimum absolute atomic E-state index is 0.301. The van der Waals surface area contributed by atoms with Crippen molar-refractivity contribution in [2.24, 2.45) is 0 Å². The molecule has 2 aliphatic rings. The molecule has 0 radical (unpaired) electrons. The summed E-state index contributed by atoms with van der Waals surface area (Å²) in [6, 6.07) is 40.8. The number of nitrogens with one attached hydrogen (secondary N) is 1. The van der Waals surface area contributed by atoms with Crippen LogP contribution in [0.15, 0.2) is 121 Å². The SMILES string of the molecule is Cc1cc(C2(CC3(c4ccc(O)c(C)c4)c4ccccc4-c4[nH]ccc43)c3ccccc3-c3ccccc32)ccc1O. The number of aryl methyl sites for hydroxylation is 2. The van der Waals surface area contributed by atoms with Crippen molar-refractivity contribution in [3.63, 3.8) is 0 Å². The van der Waals surface area contributed by atoms with E-state index in [0.29, 0.717) is 11.5 Å². The number of aromatic nitrogens is 1. The Morgan fingerprint density at radius 3 is 1.50 bits per heavy atom. The topological polar surface area (TPSA) is 56.2 Å². The van der Waals surface area contributed by atoms with Crippen LogP contribution in [-0.4, -0.2) is 15.2 Å². The van der Waals surface area contributed by atoms with Gasteiger partial charge in [-0.15, -0.1) is 0 Å². The summed E-state index contributed by atoms with van der Waals surface area (Å²) in [5.74, 6) is 0.603. The maximum atomic E-state index is 10.6. The summed E-state index contributed by atoms with van der Waals surface area (Å²) in [5.41, 5.74) is 12.9. The number of hydrogen-bond donors (Lipinski definition) is 3. The lowest BCUT2D eigenvalue weighted by atomic mass is 9.58. The molecule has 5 aromatic carbocycles. The van der Waals surface area contributed by atoms with Gasteiger partial charge in [0.15, 0.2) is 0 Å². The quantitative estimate of drug-likeness (QED) is 0.207. The summed E-state index contributed by atoms with van der Waals surface area (Å²) < 4.78 is 0. The number of aromatic hydroxyl groups is 2. The lowest BCUT2D eigenvalue weighted by molar-refractivity contribution is 0.446. The molecule has 0 bridgehead atoms. The van der Waals surface area contributed by atoms with E-state index in [1.807, 2.05) is 26.0 Å². The van der Waals surface area contributed by atoms with Crippen molar-refractivity contribution in [3.05, 3.63) is 166 Å². The van der Waals surface area contributed by atoms with Crippen LogP contribution in [0.3, 0.4) is 0 Å². The molecule has 0 saturated carbocycles. The lowest BCUT2D eigenvalue weighted by Crippen LogP contribution is -2.39. The highest BCUT2D eigenvalue weighted by molar-refractivity contribution is 5.86. The molecule has 3 heteroatoms. The first-order valence-electron chi connectivity index (χ1n) is 14.5. The summed E-state index contributed by atoms with van der Waals surface area (Å²) in [6.07, 6.45) is 2.78. The highest BCUT2D eigenvalue weighted by Gasteiger charge is 2.55. The predicted molar refractivity (Wildman–Crippen MR) is 168 cm³/mol. The number of fused-ring (bicyclic) bond motifs is 6. The zero-order valence-corrected chi connectivity index (χ0v) is 23.6. The van der Waals surface area contributed by atoms with Crippen molar-refractivity contribution < 1.29 is 10.2 Å². The van der Waals surface area contributed by atoms with Crippen LogP contribution in [0.25, 0.3) is 22.4 Å². The fraction of sp³-hybridized carbons (Fsp3) is 0.128. The number of aromatic amines is 1. The Bertz CT molecular complexity index is 1990. The van der Waals surface area contributed by atoms with Crippen molar-refractivity contribution in [1.29, 1.82) is 0 Å². The van der Waals surface area contributed by atoms with Gasteiger partial charge in [0.05, 0.1) is 5.69 Å². The Labute approximate surface area is 245 Å². The van der Waals surface area contributed by atoms with Gasteiger partial charge in [0.25, 0.3) is 0 Å². The van der Waals surface area contributed by atoms with Crippen LogP contribution in [0, 0.1) is 13.8 Å². The molecule has 0 aliphatic heterocycles. The lowest BCUT2D eigenvalue weighted by Gasteiger charge is -2.43. The van der Waals surface area contributed by atoms with Crippen molar-refractivity contribution >= 4 is 0 Å². The first-order chi connectivity index (χ1) is 20.4. The molecule has 3 N–H and O–H groups in total. The van der Waals surface area contributed by atoms with Crippen LogP contribution < -0.4 is 0 Å². The Balaban J connectivity index is 1.53. The monoisotopic (exact) mass is 545 g/mol. The third-order valence-electron chi connectivity index (χ3n) is 9.84. The van der Waals surface area contributed by atoms with Crippen molar-refractivity contribution in [1.82, 2.24) is 4.98 Å². The molecule has 6 aromatic rings. The van der Waals surface area contributed by atoms with Gasteiger partial charge in [0.2, 0.25) is 0 Å². The highest BCUT2D eigenvalue weighted by Crippen LogP contribution is 2.63. The molecule has 0 fully saturated rings. The van der Waals surface area contributed by atoms with E-state index in [2.05, 4.69) is 114 Å². The maximum absolute atomic E-state index is 10.6. The smallest absolute Gasteiger partial charge is 0.118 e. The van der Waals surface area contributed by atoms with Crippen molar-refractivity contribution in [2.75, 3.05) is 0 Å². The van der Waals surface area contributed by atoms with E-state index in [-0.39, 0.29) is 0 Å². The van der Waals surface area contributed by atoms with Crippen molar-refractivity contribution in [3.8, 4) is 33.9 Å². The standard InChI is InChI=1S/C39H31NO2/c1-24-21-26(15-17-35(24)41)38(31-12-6-3-9-28(31)29-10-4-7-13-32(29)38)23-39(27-16-18-36(42)25(2)22-27)33-14-8-5-11-30(33)37-34(39)19-20-40-37/h3-22,40-42H,23H2,1-2H3. The summed E-state index contributed by atoms with van der Waals surface area (Å²) >= 11 is 0. The molecule has 1 unspecified atom stereocenters. The molecule has 0 saturated heterocycles. The van der Waals surface area contributed by atoms with Crippen molar-refractivity contribution in [2.45, 2.75) is 31.1 Å². The normalized spacial score (nSPS) is 17.4. The van der Waals surface area contributed by atoms with E-state index in [1.54, 1.807) is 0 Å². The second-order valence-corrected chi connectivity index (χ2v) is 11.9. The van der Waals surface area contributed by atoms with E-state index >= 15 is 0 Å². The number of rotatable bonds is 4. The van der Waals surface area contributed by atoms with Gasteiger partial charge in [-0.05, 0) is 94.1 Å². The van der Waals surface area contributed by atoms with Crippen LogP contribution in [0.1, 0.15) is 50.9 Å². The van der Waals surface area contributed by atoms with Gasteiger partial charge < -0.3 is 15.2 Å².